The number of urea groups is 1. The Morgan fingerprint density at radius 1 is 1.36 bits per heavy atom. The number of aromatic nitrogens is 2. The SMILES string of the molecule is CCCc1nccn1CC(=O)NC(=O)NC1CCCCC1C. The fraction of sp³-hybridized carbons (Fsp3) is 0.688. The van der Waals surface area contributed by atoms with E-state index in [-0.39, 0.29) is 24.5 Å². The van der Waals surface area contributed by atoms with Crippen LogP contribution >= 0.6 is 0 Å². The predicted octanol–water partition coefficient (Wildman–Crippen LogP) is 2.24. The summed E-state index contributed by atoms with van der Waals surface area (Å²) in [6, 6.07) is -0.216. The molecule has 122 valence electrons. The molecule has 6 nitrogen and oxygen atoms in total. The summed E-state index contributed by atoms with van der Waals surface area (Å²) < 4.78 is 1.79. The van der Waals surface area contributed by atoms with E-state index in [0.29, 0.717) is 5.92 Å². The first kappa shape index (κ1) is 16.5. The van der Waals surface area contributed by atoms with Crippen molar-refractivity contribution in [3.05, 3.63) is 18.2 Å². The number of imide groups is 1. The van der Waals surface area contributed by atoms with Crippen molar-refractivity contribution in [3.8, 4) is 0 Å². The van der Waals surface area contributed by atoms with Gasteiger partial charge in [0.2, 0.25) is 5.91 Å². The van der Waals surface area contributed by atoms with Crippen LogP contribution < -0.4 is 10.6 Å². The van der Waals surface area contributed by atoms with Gasteiger partial charge in [-0.3, -0.25) is 10.1 Å². The standard InChI is InChI=1S/C16H26N4O2/c1-3-6-14-17-9-10-20(14)11-15(21)19-16(22)18-13-8-5-4-7-12(13)2/h9-10,12-13H,3-8,11H2,1-2H3,(H2,18,19,21,22). The van der Waals surface area contributed by atoms with E-state index in [0.717, 1.165) is 37.9 Å². The second-order valence-electron chi connectivity index (χ2n) is 6.11. The maximum atomic E-state index is 12.0. The zero-order chi connectivity index (χ0) is 15.9. The van der Waals surface area contributed by atoms with Crippen LogP contribution in [-0.2, 0) is 17.8 Å². The summed E-state index contributed by atoms with van der Waals surface area (Å²) in [6.45, 7) is 4.34. The minimum absolute atomic E-state index is 0.128. The van der Waals surface area contributed by atoms with Crippen LogP contribution in [0.5, 0.6) is 0 Å². The Morgan fingerprint density at radius 2 is 2.14 bits per heavy atom. The zero-order valence-electron chi connectivity index (χ0n) is 13.5. The maximum absolute atomic E-state index is 12.0. The number of imidazole rings is 1. The largest absolute Gasteiger partial charge is 0.335 e. The molecule has 1 aromatic heterocycles. The van der Waals surface area contributed by atoms with Gasteiger partial charge in [-0.25, -0.2) is 9.78 Å². The van der Waals surface area contributed by atoms with E-state index in [4.69, 9.17) is 0 Å². The number of nitrogens with one attached hydrogen (secondary N) is 2. The third kappa shape index (κ3) is 4.58. The van der Waals surface area contributed by atoms with Crippen LogP contribution in [-0.4, -0.2) is 27.5 Å². The molecule has 0 aromatic carbocycles. The molecule has 1 aromatic rings. The summed E-state index contributed by atoms with van der Waals surface area (Å²) in [5.74, 6) is 1.04. The predicted molar refractivity (Wildman–Crippen MR) is 84.3 cm³/mol. The molecule has 0 saturated heterocycles. The average Bonchev–Trinajstić information content (AvgIpc) is 2.89. The first-order valence-electron chi connectivity index (χ1n) is 8.20. The van der Waals surface area contributed by atoms with Crippen LogP contribution in [0.3, 0.4) is 0 Å². The lowest BCUT2D eigenvalue weighted by atomic mass is 9.86. The fourth-order valence-corrected chi connectivity index (χ4v) is 2.99. The van der Waals surface area contributed by atoms with Crippen molar-refractivity contribution in [2.24, 2.45) is 5.92 Å². The number of hydrogen-bond donors (Lipinski definition) is 2. The normalized spacial score (nSPS) is 21.4. The number of nitrogens with zero attached hydrogens (tertiary/aromatic N) is 2. The van der Waals surface area contributed by atoms with Gasteiger partial charge in [0.15, 0.2) is 0 Å². The van der Waals surface area contributed by atoms with Crippen molar-refractivity contribution in [2.45, 2.75) is 65.0 Å². The molecule has 1 fully saturated rings. The summed E-state index contributed by atoms with van der Waals surface area (Å²) in [5.41, 5.74) is 0. The maximum Gasteiger partial charge on any atom is 0.321 e. The Balaban J connectivity index is 1.81. The Labute approximate surface area is 131 Å². The van der Waals surface area contributed by atoms with E-state index in [1.807, 2.05) is 0 Å². The van der Waals surface area contributed by atoms with Gasteiger partial charge in [0.05, 0.1) is 0 Å². The number of carbonyl (C=O) groups excluding carboxylic acids is 2. The van der Waals surface area contributed by atoms with E-state index in [2.05, 4.69) is 29.5 Å². The molecule has 0 aliphatic heterocycles. The van der Waals surface area contributed by atoms with Crippen LogP contribution in [0.1, 0.15) is 51.8 Å². The van der Waals surface area contributed by atoms with Crippen LogP contribution in [0.25, 0.3) is 0 Å². The Hall–Kier alpha value is -1.85. The third-order valence-corrected chi connectivity index (χ3v) is 4.27. The van der Waals surface area contributed by atoms with E-state index in [9.17, 15) is 9.59 Å². The lowest BCUT2D eigenvalue weighted by Crippen LogP contribution is -2.48. The molecule has 3 amide bonds. The van der Waals surface area contributed by atoms with Gasteiger partial charge in [0, 0.05) is 24.9 Å². The monoisotopic (exact) mass is 306 g/mol. The molecule has 1 heterocycles. The highest BCUT2D eigenvalue weighted by atomic mass is 16.2. The van der Waals surface area contributed by atoms with Crippen molar-refractivity contribution < 1.29 is 9.59 Å². The molecule has 2 rings (SSSR count). The molecule has 2 unspecified atom stereocenters. The van der Waals surface area contributed by atoms with Crippen molar-refractivity contribution in [1.82, 2.24) is 20.2 Å². The van der Waals surface area contributed by atoms with Gasteiger partial charge >= 0.3 is 6.03 Å². The lowest BCUT2D eigenvalue weighted by molar-refractivity contribution is -0.120. The van der Waals surface area contributed by atoms with Crippen molar-refractivity contribution >= 4 is 11.9 Å². The molecule has 1 saturated carbocycles. The Bertz CT molecular complexity index is 512. The van der Waals surface area contributed by atoms with E-state index < -0.39 is 0 Å². The molecular weight excluding hydrogens is 280 g/mol. The Kier molecular flexibility index (Phi) is 5.98. The molecule has 2 atom stereocenters. The zero-order valence-corrected chi connectivity index (χ0v) is 13.5. The van der Waals surface area contributed by atoms with E-state index in [1.165, 1.54) is 6.42 Å². The summed E-state index contributed by atoms with van der Waals surface area (Å²) in [4.78, 5) is 28.1. The number of carbonyl (C=O) groups is 2. The summed E-state index contributed by atoms with van der Waals surface area (Å²) in [7, 11) is 0. The second kappa shape index (κ2) is 7.96. The number of aryl methyl sites for hydroxylation is 1. The van der Waals surface area contributed by atoms with Crippen molar-refractivity contribution in [3.63, 3.8) is 0 Å². The first-order chi connectivity index (χ1) is 10.6. The van der Waals surface area contributed by atoms with Crippen molar-refractivity contribution in [1.29, 1.82) is 0 Å². The van der Waals surface area contributed by atoms with Gasteiger partial charge in [0.1, 0.15) is 12.4 Å². The van der Waals surface area contributed by atoms with Gasteiger partial charge < -0.3 is 9.88 Å². The van der Waals surface area contributed by atoms with Gasteiger partial charge in [-0.15, -0.1) is 0 Å². The minimum Gasteiger partial charge on any atom is -0.335 e. The molecule has 0 spiro atoms. The van der Waals surface area contributed by atoms with E-state index >= 15 is 0 Å². The molecule has 0 bridgehead atoms. The second-order valence-corrected chi connectivity index (χ2v) is 6.11. The number of rotatable bonds is 5. The van der Waals surface area contributed by atoms with Crippen molar-refractivity contribution in [2.75, 3.05) is 0 Å². The van der Waals surface area contributed by atoms with Gasteiger partial charge in [0.25, 0.3) is 0 Å². The summed E-state index contributed by atoms with van der Waals surface area (Å²) in [5, 5.41) is 5.34. The van der Waals surface area contributed by atoms with Gasteiger partial charge in [-0.2, -0.15) is 0 Å². The Morgan fingerprint density at radius 3 is 2.86 bits per heavy atom. The molecule has 1 aliphatic carbocycles. The van der Waals surface area contributed by atoms with Crippen LogP contribution in [0, 0.1) is 5.92 Å². The fourth-order valence-electron chi connectivity index (χ4n) is 2.99. The smallest absolute Gasteiger partial charge is 0.321 e. The van der Waals surface area contributed by atoms with Crippen LogP contribution in [0.2, 0.25) is 0 Å². The van der Waals surface area contributed by atoms with Crippen LogP contribution in [0.4, 0.5) is 4.79 Å². The molecule has 1 aliphatic rings. The molecular formula is C16H26N4O2. The lowest BCUT2D eigenvalue weighted by Gasteiger charge is -2.29. The highest BCUT2D eigenvalue weighted by molar-refractivity contribution is 5.94. The first-order valence-corrected chi connectivity index (χ1v) is 8.20. The topological polar surface area (TPSA) is 76.0 Å². The number of hydrogen-bond acceptors (Lipinski definition) is 3. The molecule has 0 radical (unpaired) electrons. The quantitative estimate of drug-likeness (QED) is 0.876. The van der Waals surface area contributed by atoms with E-state index in [1.54, 1.807) is 17.0 Å². The van der Waals surface area contributed by atoms with Crippen LogP contribution in [0.15, 0.2) is 12.4 Å². The highest BCUT2D eigenvalue weighted by Crippen LogP contribution is 2.23. The highest BCUT2D eigenvalue weighted by Gasteiger charge is 2.23. The minimum atomic E-state index is -0.388. The molecule has 6 heteroatoms. The average molecular weight is 306 g/mol. The third-order valence-electron chi connectivity index (χ3n) is 4.27. The van der Waals surface area contributed by atoms with Gasteiger partial charge in [-0.05, 0) is 25.2 Å². The molecule has 2 N–H and O–H groups in total. The molecule has 22 heavy (non-hydrogen) atoms. The number of amides is 3. The summed E-state index contributed by atoms with van der Waals surface area (Å²) >= 11 is 0. The summed E-state index contributed by atoms with van der Waals surface area (Å²) in [6.07, 6.45) is 9.73. The van der Waals surface area contributed by atoms with Gasteiger partial charge in [-0.1, -0.05) is 26.7 Å².